The average Bonchev–Trinajstić information content (AvgIpc) is 2.72. The quantitative estimate of drug-likeness (QED) is 0.666. The molecule has 0 bridgehead atoms. The van der Waals surface area contributed by atoms with E-state index in [4.69, 9.17) is 0 Å². The zero-order chi connectivity index (χ0) is 9.10. The molecule has 0 aliphatic carbocycles. The van der Waals surface area contributed by atoms with E-state index in [-0.39, 0.29) is 5.69 Å². The Balaban J connectivity index is 1.86. The number of aromatic amines is 1. The topological polar surface area (TPSA) is 41.0 Å². The minimum atomic E-state index is -0.0212. The van der Waals surface area contributed by atoms with Crippen LogP contribution in [0.5, 0.6) is 0 Å². The predicted molar refractivity (Wildman–Crippen MR) is 50.6 cm³/mol. The van der Waals surface area contributed by atoms with Crippen LogP contribution in [0.25, 0.3) is 0 Å². The fraction of sp³-hybridized carbons (Fsp3) is 0.444. The van der Waals surface area contributed by atoms with Crippen LogP contribution in [0, 0.1) is 0 Å². The molecule has 2 heterocycles. The molecule has 13 heavy (non-hydrogen) atoms. The third kappa shape index (κ3) is 1.89. The van der Waals surface area contributed by atoms with E-state index in [1.807, 2.05) is 0 Å². The van der Waals surface area contributed by atoms with E-state index < -0.39 is 0 Å². The fourth-order valence-electron chi connectivity index (χ4n) is 1.48. The molecule has 0 saturated heterocycles. The van der Waals surface area contributed by atoms with E-state index in [1.54, 1.807) is 17.0 Å². The van der Waals surface area contributed by atoms with Gasteiger partial charge in [0.05, 0.1) is 0 Å². The number of rotatable bonds is 3. The lowest BCUT2D eigenvalue weighted by Gasteiger charge is -2.13. The Hall–Kier alpha value is -1.29. The van der Waals surface area contributed by atoms with Crippen LogP contribution in [0.3, 0.4) is 0 Å². The van der Waals surface area contributed by atoms with E-state index in [9.17, 15) is 4.79 Å². The van der Waals surface area contributed by atoms with Crippen molar-refractivity contribution in [1.29, 1.82) is 0 Å². The Bertz CT molecular complexity index is 342. The number of nitrogens with zero attached hydrogens (tertiary/aromatic N) is 2. The van der Waals surface area contributed by atoms with Crippen LogP contribution in [-0.2, 0) is 6.54 Å². The first-order chi connectivity index (χ1) is 6.36. The van der Waals surface area contributed by atoms with E-state index >= 15 is 0 Å². The maximum atomic E-state index is 11.1. The smallest absolute Gasteiger partial charge is 0.313 e. The summed E-state index contributed by atoms with van der Waals surface area (Å²) in [4.78, 5) is 16.0. The molecule has 4 nitrogen and oxygen atoms in total. The molecule has 0 spiro atoms. The van der Waals surface area contributed by atoms with Crippen molar-refractivity contribution in [3.63, 3.8) is 0 Å². The molecule has 1 aliphatic rings. The van der Waals surface area contributed by atoms with Gasteiger partial charge in [-0.25, -0.2) is 4.79 Å². The molecule has 1 N–H and O–H groups in total. The number of aromatic nitrogens is 2. The van der Waals surface area contributed by atoms with Crippen molar-refractivity contribution in [3.05, 3.63) is 35.0 Å². The van der Waals surface area contributed by atoms with Crippen LogP contribution < -0.4 is 5.69 Å². The maximum absolute atomic E-state index is 11.1. The largest absolute Gasteiger partial charge is 0.325 e. The molecule has 0 aromatic carbocycles. The lowest BCUT2D eigenvalue weighted by Crippen LogP contribution is -2.28. The summed E-state index contributed by atoms with van der Waals surface area (Å²) in [7, 11) is 0. The minimum absolute atomic E-state index is 0.0212. The van der Waals surface area contributed by atoms with Crippen molar-refractivity contribution < 1.29 is 0 Å². The van der Waals surface area contributed by atoms with Crippen LogP contribution in [0.15, 0.2) is 29.3 Å². The second-order valence-electron chi connectivity index (χ2n) is 3.19. The molecule has 2 rings (SSSR count). The zero-order valence-electron chi connectivity index (χ0n) is 7.44. The van der Waals surface area contributed by atoms with Crippen LogP contribution in [-0.4, -0.2) is 34.1 Å². The zero-order valence-corrected chi connectivity index (χ0v) is 7.44. The molecule has 0 saturated carbocycles. The number of imidazole rings is 1. The van der Waals surface area contributed by atoms with Gasteiger partial charge in [0.1, 0.15) is 0 Å². The minimum Gasteiger partial charge on any atom is -0.313 e. The van der Waals surface area contributed by atoms with Gasteiger partial charge < -0.3 is 4.98 Å². The first kappa shape index (κ1) is 8.31. The van der Waals surface area contributed by atoms with Gasteiger partial charge in [-0.3, -0.25) is 9.47 Å². The molecule has 0 fully saturated rings. The van der Waals surface area contributed by atoms with Crippen molar-refractivity contribution >= 4 is 0 Å². The molecule has 4 heteroatoms. The lowest BCUT2D eigenvalue weighted by molar-refractivity contribution is 0.333. The Labute approximate surface area is 76.5 Å². The average molecular weight is 179 g/mol. The highest BCUT2D eigenvalue weighted by atomic mass is 16.1. The van der Waals surface area contributed by atoms with E-state index in [2.05, 4.69) is 22.0 Å². The van der Waals surface area contributed by atoms with Crippen molar-refractivity contribution in [2.45, 2.75) is 6.54 Å². The van der Waals surface area contributed by atoms with E-state index in [0.717, 1.165) is 26.2 Å². The van der Waals surface area contributed by atoms with Crippen molar-refractivity contribution in [2.75, 3.05) is 19.6 Å². The molecule has 70 valence electrons. The molecule has 0 atom stereocenters. The lowest BCUT2D eigenvalue weighted by atomic mass is 10.5. The van der Waals surface area contributed by atoms with Gasteiger partial charge in [-0.05, 0) is 0 Å². The van der Waals surface area contributed by atoms with E-state index in [0.29, 0.717) is 0 Å². The standard InChI is InChI=1S/C9H13N3O/c13-9-10-3-6-12(9)8-7-11-4-1-2-5-11/h1-3,6H,4-5,7-8H2,(H,10,13). The predicted octanol–water partition coefficient (Wildman–Crippen LogP) is 0.0482. The Kier molecular flexibility index (Phi) is 2.31. The highest BCUT2D eigenvalue weighted by molar-refractivity contribution is 4.95. The summed E-state index contributed by atoms with van der Waals surface area (Å²) >= 11 is 0. The molecule has 1 aliphatic heterocycles. The van der Waals surface area contributed by atoms with Crippen LogP contribution in [0.4, 0.5) is 0 Å². The van der Waals surface area contributed by atoms with Crippen LogP contribution in [0.2, 0.25) is 0 Å². The van der Waals surface area contributed by atoms with Gasteiger partial charge in [-0.15, -0.1) is 0 Å². The monoisotopic (exact) mass is 179 g/mol. The second kappa shape index (κ2) is 3.62. The third-order valence-electron chi connectivity index (χ3n) is 2.27. The van der Waals surface area contributed by atoms with E-state index in [1.165, 1.54) is 0 Å². The number of hydrogen-bond donors (Lipinski definition) is 1. The fourth-order valence-corrected chi connectivity index (χ4v) is 1.48. The van der Waals surface area contributed by atoms with Crippen molar-refractivity contribution in [1.82, 2.24) is 14.5 Å². The molecular weight excluding hydrogens is 166 g/mol. The summed E-state index contributed by atoms with van der Waals surface area (Å²) in [6.45, 7) is 3.73. The normalized spacial score (nSPS) is 16.9. The van der Waals surface area contributed by atoms with Crippen LogP contribution in [0.1, 0.15) is 0 Å². The highest BCUT2D eigenvalue weighted by Gasteiger charge is 2.05. The summed E-state index contributed by atoms with van der Waals surface area (Å²) in [6.07, 6.45) is 7.76. The Morgan fingerprint density at radius 1 is 1.31 bits per heavy atom. The first-order valence-corrected chi connectivity index (χ1v) is 4.47. The summed E-state index contributed by atoms with van der Waals surface area (Å²) < 4.78 is 1.69. The summed E-state index contributed by atoms with van der Waals surface area (Å²) in [5.74, 6) is 0. The van der Waals surface area contributed by atoms with Gasteiger partial charge >= 0.3 is 5.69 Å². The van der Waals surface area contributed by atoms with Gasteiger partial charge in [0.2, 0.25) is 0 Å². The summed E-state index contributed by atoms with van der Waals surface area (Å²) in [6, 6.07) is 0. The Morgan fingerprint density at radius 2 is 2.08 bits per heavy atom. The van der Waals surface area contributed by atoms with Gasteiger partial charge in [0.25, 0.3) is 0 Å². The maximum Gasteiger partial charge on any atom is 0.325 e. The van der Waals surface area contributed by atoms with Gasteiger partial charge in [0.15, 0.2) is 0 Å². The number of nitrogens with one attached hydrogen (secondary N) is 1. The number of hydrogen-bond acceptors (Lipinski definition) is 2. The summed E-state index contributed by atoms with van der Waals surface area (Å²) in [5, 5.41) is 0. The molecule has 0 amide bonds. The SMILES string of the molecule is O=c1[nH]ccn1CCN1CC=CC1. The van der Waals surface area contributed by atoms with Gasteiger partial charge in [-0.2, -0.15) is 0 Å². The molecular formula is C9H13N3O. The van der Waals surface area contributed by atoms with Crippen LogP contribution >= 0.6 is 0 Å². The molecule has 0 radical (unpaired) electrons. The Morgan fingerprint density at radius 3 is 2.69 bits per heavy atom. The second-order valence-corrected chi connectivity index (χ2v) is 3.19. The third-order valence-corrected chi connectivity index (χ3v) is 2.27. The number of H-pyrrole nitrogens is 1. The van der Waals surface area contributed by atoms with Gasteiger partial charge in [-0.1, -0.05) is 12.2 Å². The summed E-state index contributed by atoms with van der Waals surface area (Å²) in [5.41, 5.74) is -0.0212. The van der Waals surface area contributed by atoms with Gasteiger partial charge in [0, 0.05) is 38.6 Å². The molecule has 1 aromatic heterocycles. The first-order valence-electron chi connectivity index (χ1n) is 4.47. The van der Waals surface area contributed by atoms with Crippen molar-refractivity contribution in [2.24, 2.45) is 0 Å². The van der Waals surface area contributed by atoms with Crippen molar-refractivity contribution in [3.8, 4) is 0 Å². The molecule has 1 aromatic rings. The highest BCUT2D eigenvalue weighted by Crippen LogP contribution is 1.97. The molecule has 0 unspecified atom stereocenters.